The standard InChI is InChI=1S/C12H20O2/c1-12-7-3-2-4-10(12)6-5-9(8-12)11(13)14/h9-10H,2-8H2,1H3,(H,13,14)/t9-,10-,12-/m1/s1. The molecule has 2 heteroatoms. The molecule has 2 rings (SSSR count). The molecule has 0 saturated heterocycles. The van der Waals surface area contributed by atoms with Gasteiger partial charge in [-0.25, -0.2) is 0 Å². The lowest BCUT2D eigenvalue weighted by Crippen LogP contribution is -2.39. The highest BCUT2D eigenvalue weighted by atomic mass is 16.4. The van der Waals surface area contributed by atoms with Crippen LogP contribution in [0, 0.1) is 17.3 Å². The van der Waals surface area contributed by atoms with Gasteiger partial charge in [0.1, 0.15) is 0 Å². The molecule has 2 nitrogen and oxygen atoms in total. The summed E-state index contributed by atoms with van der Waals surface area (Å²) < 4.78 is 0. The summed E-state index contributed by atoms with van der Waals surface area (Å²) in [5, 5.41) is 9.04. The summed E-state index contributed by atoms with van der Waals surface area (Å²) in [6.07, 6.45) is 8.23. The van der Waals surface area contributed by atoms with Crippen LogP contribution in [0.5, 0.6) is 0 Å². The van der Waals surface area contributed by atoms with E-state index in [-0.39, 0.29) is 5.92 Å². The normalized spacial score (nSPS) is 42.9. The van der Waals surface area contributed by atoms with Crippen molar-refractivity contribution < 1.29 is 9.90 Å². The molecule has 0 unspecified atom stereocenters. The summed E-state index contributed by atoms with van der Waals surface area (Å²) in [7, 11) is 0. The van der Waals surface area contributed by atoms with Gasteiger partial charge in [-0.2, -0.15) is 0 Å². The number of fused-ring (bicyclic) bond motifs is 1. The summed E-state index contributed by atoms with van der Waals surface area (Å²) in [4.78, 5) is 11.0. The highest BCUT2D eigenvalue weighted by Crippen LogP contribution is 2.51. The van der Waals surface area contributed by atoms with Gasteiger partial charge in [-0.1, -0.05) is 19.8 Å². The fourth-order valence-corrected chi connectivity index (χ4v) is 3.51. The Labute approximate surface area is 85.7 Å². The molecule has 0 aliphatic heterocycles. The molecule has 2 fully saturated rings. The van der Waals surface area contributed by atoms with Crippen LogP contribution in [0.4, 0.5) is 0 Å². The van der Waals surface area contributed by atoms with Crippen molar-refractivity contribution in [3.05, 3.63) is 0 Å². The zero-order valence-electron chi connectivity index (χ0n) is 8.96. The molecular weight excluding hydrogens is 176 g/mol. The summed E-state index contributed by atoms with van der Waals surface area (Å²) >= 11 is 0. The van der Waals surface area contributed by atoms with Crippen LogP contribution in [0.1, 0.15) is 51.9 Å². The Kier molecular flexibility index (Phi) is 2.54. The first-order valence-electron chi connectivity index (χ1n) is 5.85. The Morgan fingerprint density at radius 3 is 2.79 bits per heavy atom. The van der Waals surface area contributed by atoms with Crippen molar-refractivity contribution in [2.75, 3.05) is 0 Å². The third kappa shape index (κ3) is 1.67. The van der Waals surface area contributed by atoms with Gasteiger partial charge >= 0.3 is 5.97 Å². The van der Waals surface area contributed by atoms with Crippen LogP contribution in [0.25, 0.3) is 0 Å². The molecule has 2 saturated carbocycles. The average molecular weight is 196 g/mol. The van der Waals surface area contributed by atoms with Gasteiger partial charge in [0.2, 0.25) is 0 Å². The molecule has 0 bridgehead atoms. The van der Waals surface area contributed by atoms with E-state index < -0.39 is 5.97 Å². The van der Waals surface area contributed by atoms with E-state index in [0.29, 0.717) is 5.41 Å². The number of carboxylic acid groups (broad SMARTS) is 1. The van der Waals surface area contributed by atoms with Gasteiger partial charge in [-0.3, -0.25) is 4.79 Å². The molecule has 1 N–H and O–H groups in total. The number of hydrogen-bond donors (Lipinski definition) is 1. The third-order valence-corrected chi connectivity index (χ3v) is 4.46. The summed E-state index contributed by atoms with van der Waals surface area (Å²) in [6, 6.07) is 0. The SMILES string of the molecule is C[C@]12CCCC[C@@H]1CC[C@@H](C(=O)O)C2. The van der Waals surface area contributed by atoms with Crippen LogP contribution >= 0.6 is 0 Å². The monoisotopic (exact) mass is 196 g/mol. The van der Waals surface area contributed by atoms with Crippen LogP contribution in [0.3, 0.4) is 0 Å². The Morgan fingerprint density at radius 1 is 1.29 bits per heavy atom. The fraction of sp³-hybridized carbons (Fsp3) is 0.917. The van der Waals surface area contributed by atoms with E-state index in [1.165, 1.54) is 25.7 Å². The van der Waals surface area contributed by atoms with E-state index in [2.05, 4.69) is 6.92 Å². The first-order valence-corrected chi connectivity index (χ1v) is 5.85. The van der Waals surface area contributed by atoms with Crippen molar-refractivity contribution in [2.24, 2.45) is 17.3 Å². The first-order chi connectivity index (χ1) is 6.62. The quantitative estimate of drug-likeness (QED) is 0.699. The highest BCUT2D eigenvalue weighted by Gasteiger charge is 2.43. The van der Waals surface area contributed by atoms with E-state index in [1.54, 1.807) is 0 Å². The van der Waals surface area contributed by atoms with Gasteiger partial charge in [0.25, 0.3) is 0 Å². The lowest BCUT2D eigenvalue weighted by molar-refractivity contribution is -0.146. The van der Waals surface area contributed by atoms with E-state index in [0.717, 1.165) is 25.2 Å². The molecule has 0 spiro atoms. The molecule has 0 aromatic rings. The fourth-order valence-electron chi connectivity index (χ4n) is 3.51. The van der Waals surface area contributed by atoms with Crippen LogP contribution in [-0.4, -0.2) is 11.1 Å². The Morgan fingerprint density at radius 2 is 2.07 bits per heavy atom. The molecule has 2 aliphatic carbocycles. The van der Waals surface area contributed by atoms with Crippen LogP contribution in [0.2, 0.25) is 0 Å². The maximum absolute atomic E-state index is 11.0. The molecule has 14 heavy (non-hydrogen) atoms. The molecule has 0 heterocycles. The van der Waals surface area contributed by atoms with Crippen molar-refractivity contribution in [1.82, 2.24) is 0 Å². The molecule has 2 aliphatic rings. The van der Waals surface area contributed by atoms with Crippen molar-refractivity contribution in [1.29, 1.82) is 0 Å². The second kappa shape index (κ2) is 3.56. The Balaban J connectivity index is 2.07. The highest BCUT2D eigenvalue weighted by molar-refractivity contribution is 5.70. The second-order valence-electron chi connectivity index (χ2n) is 5.41. The van der Waals surface area contributed by atoms with E-state index in [1.807, 2.05) is 0 Å². The lowest BCUT2D eigenvalue weighted by atomic mass is 9.58. The van der Waals surface area contributed by atoms with E-state index in [9.17, 15) is 4.79 Å². The molecular formula is C12H20O2. The van der Waals surface area contributed by atoms with E-state index >= 15 is 0 Å². The smallest absolute Gasteiger partial charge is 0.306 e. The Hall–Kier alpha value is -0.530. The Bertz CT molecular complexity index is 236. The summed E-state index contributed by atoms with van der Waals surface area (Å²) in [6.45, 7) is 2.31. The maximum atomic E-state index is 11.0. The third-order valence-electron chi connectivity index (χ3n) is 4.46. The number of hydrogen-bond acceptors (Lipinski definition) is 1. The predicted octanol–water partition coefficient (Wildman–Crippen LogP) is 3.07. The average Bonchev–Trinajstić information content (AvgIpc) is 2.15. The zero-order valence-corrected chi connectivity index (χ0v) is 8.96. The minimum Gasteiger partial charge on any atom is -0.481 e. The number of aliphatic carboxylic acids is 1. The molecule has 3 atom stereocenters. The lowest BCUT2D eigenvalue weighted by Gasteiger charge is -2.47. The minimum atomic E-state index is -0.574. The van der Waals surface area contributed by atoms with Crippen LogP contribution < -0.4 is 0 Å². The first kappa shape index (κ1) is 10.0. The van der Waals surface area contributed by atoms with Gasteiger partial charge < -0.3 is 5.11 Å². The van der Waals surface area contributed by atoms with Crippen molar-refractivity contribution in [2.45, 2.75) is 51.9 Å². The predicted molar refractivity (Wildman–Crippen MR) is 55.0 cm³/mol. The summed E-state index contributed by atoms with van der Waals surface area (Å²) in [5.41, 5.74) is 0.347. The van der Waals surface area contributed by atoms with Gasteiger partial charge in [0.05, 0.1) is 5.92 Å². The molecule has 0 radical (unpaired) electrons. The molecule has 80 valence electrons. The number of rotatable bonds is 1. The number of carboxylic acids is 1. The van der Waals surface area contributed by atoms with Crippen LogP contribution in [-0.2, 0) is 4.79 Å². The maximum Gasteiger partial charge on any atom is 0.306 e. The second-order valence-corrected chi connectivity index (χ2v) is 5.41. The summed E-state index contributed by atoms with van der Waals surface area (Å²) in [5.74, 6) is 0.177. The minimum absolute atomic E-state index is 0.0608. The molecule has 0 aromatic heterocycles. The van der Waals surface area contributed by atoms with Crippen molar-refractivity contribution >= 4 is 5.97 Å². The molecule has 0 aromatic carbocycles. The number of carbonyl (C=O) groups is 1. The van der Waals surface area contributed by atoms with E-state index in [4.69, 9.17) is 5.11 Å². The van der Waals surface area contributed by atoms with Crippen molar-refractivity contribution in [3.63, 3.8) is 0 Å². The van der Waals surface area contributed by atoms with Gasteiger partial charge in [-0.15, -0.1) is 0 Å². The molecule has 0 amide bonds. The van der Waals surface area contributed by atoms with Gasteiger partial charge in [-0.05, 0) is 43.4 Å². The largest absolute Gasteiger partial charge is 0.481 e. The van der Waals surface area contributed by atoms with Gasteiger partial charge in [0, 0.05) is 0 Å². The zero-order chi connectivity index (χ0) is 10.2. The topological polar surface area (TPSA) is 37.3 Å². The van der Waals surface area contributed by atoms with Gasteiger partial charge in [0.15, 0.2) is 0 Å². The van der Waals surface area contributed by atoms with Crippen LogP contribution in [0.15, 0.2) is 0 Å². The van der Waals surface area contributed by atoms with Crippen molar-refractivity contribution in [3.8, 4) is 0 Å².